The molecule has 0 aliphatic carbocycles. The van der Waals surface area contributed by atoms with Crippen LogP contribution in [-0.4, -0.2) is 47.0 Å². The number of benzene rings is 1. The molecule has 0 aliphatic rings. The van der Waals surface area contributed by atoms with Crippen molar-refractivity contribution in [2.24, 2.45) is 11.8 Å². The van der Waals surface area contributed by atoms with E-state index in [4.69, 9.17) is 9.47 Å². The molecule has 35 heavy (non-hydrogen) atoms. The average Bonchev–Trinajstić information content (AvgIpc) is 3.19. The Kier molecular flexibility index (Phi) is 10.0. The molecule has 0 bridgehead atoms. The van der Waals surface area contributed by atoms with Crippen molar-refractivity contribution in [3.8, 4) is 22.8 Å². The molecule has 2 N–H and O–H groups in total. The lowest BCUT2D eigenvalue weighted by Crippen LogP contribution is -2.37. The van der Waals surface area contributed by atoms with Crippen LogP contribution in [0, 0.1) is 23.5 Å². The fraction of sp³-hybridized carbons (Fsp3) is 0.560. The van der Waals surface area contributed by atoms with Crippen molar-refractivity contribution >= 4 is 11.9 Å². The predicted molar refractivity (Wildman–Crippen MR) is 128 cm³/mol. The molecule has 1 amide bonds. The van der Waals surface area contributed by atoms with Crippen molar-refractivity contribution in [2.75, 3.05) is 14.2 Å². The first-order valence-electron chi connectivity index (χ1n) is 11.8. The minimum Gasteiger partial charge on any atom is -0.493 e. The monoisotopic (exact) mass is 495 g/mol. The van der Waals surface area contributed by atoms with E-state index in [1.165, 1.54) is 25.0 Å². The van der Waals surface area contributed by atoms with Gasteiger partial charge in [0.2, 0.25) is 0 Å². The fourth-order valence-electron chi connectivity index (χ4n) is 4.11. The van der Waals surface area contributed by atoms with E-state index in [9.17, 15) is 23.5 Å². The van der Waals surface area contributed by atoms with Crippen molar-refractivity contribution in [3.05, 3.63) is 29.5 Å². The highest BCUT2D eigenvalue weighted by Gasteiger charge is 2.28. The predicted octanol–water partition coefficient (Wildman–Crippen LogP) is 4.90. The molecule has 1 heterocycles. The summed E-state index contributed by atoms with van der Waals surface area (Å²) in [6.07, 6.45) is 1.90. The molecule has 1 atom stereocenters. The number of carboxylic acids is 1. The maximum absolute atomic E-state index is 14.6. The Bertz CT molecular complexity index is 1010. The minimum absolute atomic E-state index is 0.00104. The summed E-state index contributed by atoms with van der Waals surface area (Å²) in [5.74, 6) is -3.54. The quantitative estimate of drug-likeness (QED) is 0.410. The fourth-order valence-corrected chi connectivity index (χ4v) is 4.11. The molecule has 1 aromatic heterocycles. The van der Waals surface area contributed by atoms with Gasteiger partial charge in [-0.3, -0.25) is 14.3 Å². The second-order valence-electron chi connectivity index (χ2n) is 8.96. The summed E-state index contributed by atoms with van der Waals surface area (Å²) < 4.78 is 41.3. The van der Waals surface area contributed by atoms with E-state index >= 15 is 0 Å². The number of carboxylic acid groups (broad SMARTS) is 1. The molecule has 1 aromatic carbocycles. The van der Waals surface area contributed by atoms with Crippen LogP contribution in [0.5, 0.6) is 11.5 Å². The van der Waals surface area contributed by atoms with Gasteiger partial charge < -0.3 is 19.9 Å². The Morgan fingerprint density at radius 1 is 1.09 bits per heavy atom. The summed E-state index contributed by atoms with van der Waals surface area (Å²) in [6.45, 7) is 8.30. The second kappa shape index (κ2) is 12.5. The molecule has 0 saturated heterocycles. The molecule has 0 aliphatic heterocycles. The number of hydrogen-bond donors (Lipinski definition) is 2. The van der Waals surface area contributed by atoms with Crippen LogP contribution in [-0.2, 0) is 11.3 Å². The first-order valence-corrected chi connectivity index (χ1v) is 11.8. The third-order valence-corrected chi connectivity index (χ3v) is 5.92. The summed E-state index contributed by atoms with van der Waals surface area (Å²) >= 11 is 0. The Morgan fingerprint density at radius 2 is 1.66 bits per heavy atom. The molecule has 2 rings (SSSR count). The van der Waals surface area contributed by atoms with Crippen LogP contribution >= 0.6 is 0 Å². The third-order valence-electron chi connectivity index (χ3n) is 5.92. The molecule has 194 valence electrons. The van der Waals surface area contributed by atoms with E-state index < -0.39 is 29.6 Å². The molecule has 0 radical (unpaired) electrons. The van der Waals surface area contributed by atoms with Crippen LogP contribution in [0.3, 0.4) is 0 Å². The minimum atomic E-state index is -1.03. The van der Waals surface area contributed by atoms with Crippen molar-refractivity contribution in [2.45, 2.75) is 66.0 Å². The number of halogens is 2. The average molecular weight is 496 g/mol. The second-order valence-corrected chi connectivity index (χ2v) is 8.96. The zero-order valence-corrected chi connectivity index (χ0v) is 21.2. The normalized spacial score (nSPS) is 12.2. The van der Waals surface area contributed by atoms with Crippen LogP contribution in [0.2, 0.25) is 0 Å². The van der Waals surface area contributed by atoms with E-state index in [0.717, 1.165) is 12.8 Å². The Labute approximate surface area is 204 Å². The molecule has 0 fully saturated rings. The number of hydrogen-bond acceptors (Lipinski definition) is 5. The SMILES string of the molecule is CCC(CC)Cn1nc(C(=O)N[C@H](CC(=O)O)CC(C)C)cc1-c1c(OC)c(F)cc(F)c1OC. The summed E-state index contributed by atoms with van der Waals surface area (Å²) in [5.41, 5.74) is 0.265. The highest BCUT2D eigenvalue weighted by Crippen LogP contribution is 2.42. The third kappa shape index (κ3) is 6.93. The number of nitrogens with one attached hydrogen (secondary N) is 1. The lowest BCUT2D eigenvalue weighted by atomic mass is 10.0. The first-order chi connectivity index (χ1) is 16.6. The maximum Gasteiger partial charge on any atom is 0.305 e. The number of nitrogens with zero attached hydrogens (tertiary/aromatic N) is 2. The number of aromatic nitrogens is 2. The number of rotatable bonds is 13. The van der Waals surface area contributed by atoms with E-state index in [1.807, 2.05) is 27.7 Å². The van der Waals surface area contributed by atoms with Crippen molar-refractivity contribution in [1.82, 2.24) is 15.1 Å². The van der Waals surface area contributed by atoms with Gasteiger partial charge >= 0.3 is 5.97 Å². The van der Waals surface area contributed by atoms with E-state index in [0.29, 0.717) is 19.0 Å². The maximum atomic E-state index is 14.6. The number of amides is 1. The van der Waals surface area contributed by atoms with Gasteiger partial charge in [-0.1, -0.05) is 40.5 Å². The molecule has 0 saturated carbocycles. The summed E-state index contributed by atoms with van der Waals surface area (Å²) in [7, 11) is 2.52. The molecule has 10 heteroatoms. The Morgan fingerprint density at radius 3 is 2.11 bits per heavy atom. The van der Waals surface area contributed by atoms with E-state index in [1.54, 1.807) is 0 Å². The lowest BCUT2D eigenvalue weighted by Gasteiger charge is -2.18. The summed E-state index contributed by atoms with van der Waals surface area (Å²) in [6, 6.07) is 1.51. The van der Waals surface area contributed by atoms with Gasteiger partial charge in [0.15, 0.2) is 28.8 Å². The van der Waals surface area contributed by atoms with Gasteiger partial charge in [0.1, 0.15) is 0 Å². The molecule has 0 spiro atoms. The van der Waals surface area contributed by atoms with Gasteiger partial charge in [-0.15, -0.1) is 0 Å². The van der Waals surface area contributed by atoms with Crippen LogP contribution < -0.4 is 14.8 Å². The highest BCUT2D eigenvalue weighted by atomic mass is 19.1. The summed E-state index contributed by atoms with van der Waals surface area (Å²) in [4.78, 5) is 24.4. The first kappa shape index (κ1) is 28.1. The Hall–Kier alpha value is -3.17. The van der Waals surface area contributed by atoms with E-state index in [-0.39, 0.29) is 46.7 Å². The Balaban J connectivity index is 2.62. The van der Waals surface area contributed by atoms with Crippen LogP contribution in [0.4, 0.5) is 8.78 Å². The van der Waals surface area contributed by atoms with Gasteiger partial charge in [0.05, 0.1) is 31.9 Å². The molecule has 2 aromatic rings. The number of ether oxygens (including phenoxy) is 2. The van der Waals surface area contributed by atoms with Gasteiger partial charge in [-0.25, -0.2) is 8.78 Å². The number of methoxy groups -OCH3 is 2. The highest BCUT2D eigenvalue weighted by molar-refractivity contribution is 5.94. The number of carbonyl (C=O) groups excluding carboxylic acids is 1. The summed E-state index contributed by atoms with van der Waals surface area (Å²) in [5, 5.41) is 16.4. The van der Waals surface area contributed by atoms with Gasteiger partial charge in [0.25, 0.3) is 5.91 Å². The van der Waals surface area contributed by atoms with Crippen molar-refractivity contribution in [3.63, 3.8) is 0 Å². The largest absolute Gasteiger partial charge is 0.493 e. The molecular weight excluding hydrogens is 460 g/mol. The number of carbonyl (C=O) groups is 2. The van der Waals surface area contributed by atoms with Gasteiger partial charge in [0, 0.05) is 18.7 Å². The van der Waals surface area contributed by atoms with Crippen LogP contribution in [0.25, 0.3) is 11.3 Å². The van der Waals surface area contributed by atoms with Gasteiger partial charge in [-0.05, 0) is 24.3 Å². The zero-order valence-electron chi connectivity index (χ0n) is 21.2. The molecular formula is C25H35F2N3O5. The molecule has 8 nitrogen and oxygen atoms in total. The standard InChI is InChI=1S/C25H35F2N3O5/c1-7-15(8-2)13-30-20(22-23(34-5)17(26)11-18(27)24(22)35-6)12-19(29-30)25(33)28-16(9-14(3)4)10-21(31)32/h11-12,14-16H,7-10,13H2,1-6H3,(H,28,33)(H,31,32)/t16-/m0/s1. The van der Waals surface area contributed by atoms with Crippen molar-refractivity contribution in [1.29, 1.82) is 0 Å². The zero-order chi connectivity index (χ0) is 26.3. The van der Waals surface area contributed by atoms with E-state index in [2.05, 4.69) is 10.4 Å². The number of aliphatic carboxylic acids is 1. The molecule has 0 unspecified atom stereocenters. The van der Waals surface area contributed by atoms with Crippen LogP contribution in [0.15, 0.2) is 12.1 Å². The topological polar surface area (TPSA) is 103 Å². The lowest BCUT2D eigenvalue weighted by molar-refractivity contribution is -0.137. The van der Waals surface area contributed by atoms with Gasteiger partial charge in [-0.2, -0.15) is 5.10 Å². The smallest absolute Gasteiger partial charge is 0.305 e. The van der Waals surface area contributed by atoms with Crippen LogP contribution in [0.1, 0.15) is 63.9 Å². The van der Waals surface area contributed by atoms with Crippen molar-refractivity contribution < 1.29 is 33.0 Å².